The minimum Gasteiger partial charge on any atom is -0.476 e. The van der Waals surface area contributed by atoms with Crippen molar-refractivity contribution in [3.8, 4) is 5.88 Å². The summed E-state index contributed by atoms with van der Waals surface area (Å²) in [6.45, 7) is 3.96. The molecule has 0 radical (unpaired) electrons. The summed E-state index contributed by atoms with van der Waals surface area (Å²) in [5, 5.41) is 4.13. The molecule has 0 saturated heterocycles. The van der Waals surface area contributed by atoms with Crippen LogP contribution in [-0.2, 0) is 26.6 Å². The minimum atomic E-state index is 0.224. The molecular weight excluding hydrogens is 318 g/mol. The smallest absolute Gasteiger partial charge is 0.213 e. The molecule has 0 bridgehead atoms. The molecule has 4 rings (SSSR count). The van der Waals surface area contributed by atoms with Gasteiger partial charge < -0.3 is 13.8 Å². The Morgan fingerprint density at radius 3 is 3.00 bits per heavy atom. The number of hydrogen-bond donors (Lipinski definition) is 0. The van der Waals surface area contributed by atoms with Crippen LogP contribution in [0.5, 0.6) is 5.88 Å². The summed E-state index contributed by atoms with van der Waals surface area (Å²) in [5.74, 6) is 1.47. The fraction of sp³-hybridized carbons (Fsp3) is 0.389. The molecule has 0 saturated carbocycles. The number of aromatic nitrogens is 4. The van der Waals surface area contributed by atoms with Gasteiger partial charge in [-0.3, -0.25) is 4.90 Å². The Morgan fingerprint density at radius 1 is 1.32 bits per heavy atom. The third-order valence-corrected chi connectivity index (χ3v) is 4.55. The zero-order valence-corrected chi connectivity index (χ0v) is 14.4. The second-order valence-corrected chi connectivity index (χ2v) is 6.42. The van der Waals surface area contributed by atoms with Gasteiger partial charge in [0.05, 0.1) is 23.8 Å². The van der Waals surface area contributed by atoms with Crippen molar-refractivity contribution in [1.29, 1.82) is 0 Å². The van der Waals surface area contributed by atoms with Crippen molar-refractivity contribution in [2.24, 2.45) is 7.05 Å². The number of rotatable bonds is 5. The quantitative estimate of drug-likeness (QED) is 0.709. The van der Waals surface area contributed by atoms with E-state index >= 15 is 0 Å². The van der Waals surface area contributed by atoms with Crippen LogP contribution in [0.15, 0.2) is 41.3 Å². The highest BCUT2D eigenvalue weighted by Gasteiger charge is 2.30. The average Bonchev–Trinajstić information content (AvgIpc) is 3.19. The molecule has 1 aliphatic heterocycles. The third-order valence-electron chi connectivity index (χ3n) is 4.55. The van der Waals surface area contributed by atoms with E-state index in [1.165, 1.54) is 5.69 Å². The van der Waals surface area contributed by atoms with E-state index in [4.69, 9.17) is 9.26 Å². The number of ether oxygens (including phenoxy) is 1. The first-order chi connectivity index (χ1) is 12.2. The molecule has 1 atom stereocenters. The van der Waals surface area contributed by atoms with E-state index in [9.17, 15) is 0 Å². The van der Waals surface area contributed by atoms with E-state index in [2.05, 4.69) is 24.6 Å². The topological polar surface area (TPSA) is 69.2 Å². The molecule has 0 aromatic carbocycles. The van der Waals surface area contributed by atoms with Gasteiger partial charge in [0.2, 0.25) is 5.88 Å². The summed E-state index contributed by atoms with van der Waals surface area (Å²) in [7, 11) is 2.04. The summed E-state index contributed by atoms with van der Waals surface area (Å²) in [4.78, 5) is 11.1. The summed E-state index contributed by atoms with van der Waals surface area (Å²) in [6.07, 6.45) is 4.51. The van der Waals surface area contributed by atoms with Crippen LogP contribution < -0.4 is 4.74 Å². The molecule has 0 fully saturated rings. The Morgan fingerprint density at radius 2 is 2.24 bits per heavy atom. The summed E-state index contributed by atoms with van der Waals surface area (Å²) >= 11 is 0. The summed E-state index contributed by atoms with van der Waals surface area (Å²) in [5.41, 5.74) is 3.32. The number of imidazole rings is 1. The first kappa shape index (κ1) is 15.8. The Balaban J connectivity index is 1.52. The largest absolute Gasteiger partial charge is 0.476 e. The lowest BCUT2D eigenvalue weighted by molar-refractivity contribution is 0.102. The van der Waals surface area contributed by atoms with E-state index < -0.39 is 0 Å². The van der Waals surface area contributed by atoms with E-state index in [0.717, 1.165) is 30.1 Å². The van der Waals surface area contributed by atoms with Gasteiger partial charge in [0.25, 0.3) is 0 Å². The molecule has 3 aromatic rings. The number of pyridine rings is 1. The molecule has 0 aliphatic carbocycles. The van der Waals surface area contributed by atoms with Crippen LogP contribution in [0.25, 0.3) is 0 Å². The predicted molar refractivity (Wildman–Crippen MR) is 90.9 cm³/mol. The standard InChI is InChI=1S/C18H21N5O2/c1-13-7-14(21-25-13)9-23-10-16-17(22(2)12-20-16)8-15(23)11-24-18-5-3-4-6-19-18/h3-7,12,15H,8-11H2,1-2H3/t15-/m1/s1. The monoisotopic (exact) mass is 339 g/mol. The van der Waals surface area contributed by atoms with Crippen molar-refractivity contribution >= 4 is 0 Å². The summed E-state index contributed by atoms with van der Waals surface area (Å²) < 4.78 is 13.2. The van der Waals surface area contributed by atoms with Crippen LogP contribution in [0, 0.1) is 6.92 Å². The van der Waals surface area contributed by atoms with Gasteiger partial charge >= 0.3 is 0 Å². The molecule has 7 heteroatoms. The van der Waals surface area contributed by atoms with Gasteiger partial charge in [0, 0.05) is 50.6 Å². The lowest BCUT2D eigenvalue weighted by atomic mass is 10.0. The summed E-state index contributed by atoms with van der Waals surface area (Å²) in [6, 6.07) is 7.89. The average molecular weight is 339 g/mol. The maximum atomic E-state index is 5.92. The van der Waals surface area contributed by atoms with Gasteiger partial charge in [-0.1, -0.05) is 11.2 Å². The molecule has 25 heavy (non-hydrogen) atoms. The zero-order valence-electron chi connectivity index (χ0n) is 14.4. The van der Waals surface area contributed by atoms with Gasteiger partial charge in [0.1, 0.15) is 12.4 Å². The molecule has 0 unspecified atom stereocenters. The van der Waals surface area contributed by atoms with Crippen LogP contribution in [0.2, 0.25) is 0 Å². The van der Waals surface area contributed by atoms with Crippen molar-refractivity contribution in [2.75, 3.05) is 6.61 Å². The number of nitrogens with zero attached hydrogens (tertiary/aromatic N) is 5. The normalized spacial score (nSPS) is 17.4. The maximum Gasteiger partial charge on any atom is 0.213 e. The second-order valence-electron chi connectivity index (χ2n) is 6.42. The van der Waals surface area contributed by atoms with Crippen LogP contribution >= 0.6 is 0 Å². The van der Waals surface area contributed by atoms with Gasteiger partial charge in [-0.15, -0.1) is 0 Å². The van der Waals surface area contributed by atoms with Crippen LogP contribution in [0.1, 0.15) is 22.8 Å². The lowest BCUT2D eigenvalue weighted by Gasteiger charge is -2.34. The first-order valence-corrected chi connectivity index (χ1v) is 8.38. The SMILES string of the molecule is Cc1cc(CN2Cc3ncn(C)c3C[C@@H]2COc2ccccn2)no1. The fourth-order valence-electron chi connectivity index (χ4n) is 3.24. The van der Waals surface area contributed by atoms with Gasteiger partial charge in [-0.05, 0) is 13.0 Å². The predicted octanol–water partition coefficient (Wildman–Crippen LogP) is 2.12. The van der Waals surface area contributed by atoms with E-state index in [0.29, 0.717) is 19.0 Å². The van der Waals surface area contributed by atoms with Gasteiger partial charge in [-0.2, -0.15) is 0 Å². The molecule has 0 amide bonds. The molecule has 3 aromatic heterocycles. The molecule has 1 aliphatic rings. The molecule has 0 spiro atoms. The molecule has 7 nitrogen and oxygen atoms in total. The van der Waals surface area contributed by atoms with Crippen molar-refractivity contribution < 1.29 is 9.26 Å². The zero-order chi connectivity index (χ0) is 17.2. The van der Waals surface area contributed by atoms with Crippen LogP contribution in [-0.4, -0.2) is 37.2 Å². The number of hydrogen-bond acceptors (Lipinski definition) is 6. The van der Waals surface area contributed by atoms with Gasteiger partial charge in [-0.25, -0.2) is 9.97 Å². The molecule has 130 valence electrons. The Labute approximate surface area is 146 Å². The van der Waals surface area contributed by atoms with Crippen molar-refractivity contribution in [2.45, 2.75) is 32.5 Å². The maximum absolute atomic E-state index is 5.92. The van der Waals surface area contributed by atoms with Crippen molar-refractivity contribution in [3.05, 3.63) is 59.6 Å². The van der Waals surface area contributed by atoms with Crippen molar-refractivity contribution in [1.82, 2.24) is 24.6 Å². The lowest BCUT2D eigenvalue weighted by Crippen LogP contribution is -2.44. The van der Waals surface area contributed by atoms with E-state index in [1.807, 2.05) is 44.6 Å². The van der Waals surface area contributed by atoms with Crippen LogP contribution in [0.3, 0.4) is 0 Å². The Hall–Kier alpha value is -2.67. The van der Waals surface area contributed by atoms with Gasteiger partial charge in [0.15, 0.2) is 0 Å². The van der Waals surface area contributed by atoms with Crippen LogP contribution in [0.4, 0.5) is 0 Å². The molecule has 4 heterocycles. The first-order valence-electron chi connectivity index (χ1n) is 8.38. The number of fused-ring (bicyclic) bond motifs is 1. The number of aryl methyl sites for hydroxylation is 2. The second kappa shape index (κ2) is 6.68. The minimum absolute atomic E-state index is 0.224. The van der Waals surface area contributed by atoms with Crippen molar-refractivity contribution in [3.63, 3.8) is 0 Å². The molecular formula is C18H21N5O2. The Kier molecular flexibility index (Phi) is 4.23. The highest BCUT2D eigenvalue weighted by Crippen LogP contribution is 2.24. The third kappa shape index (κ3) is 3.41. The molecule has 0 N–H and O–H groups in total. The fourth-order valence-corrected chi connectivity index (χ4v) is 3.24. The highest BCUT2D eigenvalue weighted by molar-refractivity contribution is 5.19. The van der Waals surface area contributed by atoms with E-state index in [1.54, 1.807) is 6.20 Å². The Bertz CT molecular complexity index is 842. The highest BCUT2D eigenvalue weighted by atomic mass is 16.5. The van der Waals surface area contributed by atoms with E-state index in [-0.39, 0.29) is 6.04 Å².